The monoisotopic (exact) mass is 329 g/mol. The van der Waals surface area contributed by atoms with Gasteiger partial charge < -0.3 is 4.74 Å². The predicted molar refractivity (Wildman–Crippen MR) is 97.8 cm³/mol. The van der Waals surface area contributed by atoms with Crippen molar-refractivity contribution in [3.63, 3.8) is 0 Å². The van der Waals surface area contributed by atoms with Crippen molar-refractivity contribution in [2.45, 2.75) is 0 Å². The van der Waals surface area contributed by atoms with E-state index in [4.69, 9.17) is 11.2 Å². The van der Waals surface area contributed by atoms with Gasteiger partial charge in [0, 0.05) is 12.2 Å². The van der Waals surface area contributed by atoms with Crippen LogP contribution in [0.2, 0.25) is 0 Å². The fourth-order valence-corrected chi connectivity index (χ4v) is 2.38. The topological polar surface area (TPSA) is 46.6 Å². The number of carbonyl (C=O) groups excluding carboxylic acids is 2. The Hall–Kier alpha value is -3.58. The van der Waals surface area contributed by atoms with Gasteiger partial charge in [-0.15, -0.1) is 6.42 Å². The summed E-state index contributed by atoms with van der Waals surface area (Å²) in [5.74, 6) is 2.51. The third-order valence-corrected chi connectivity index (χ3v) is 3.63. The van der Waals surface area contributed by atoms with Gasteiger partial charge in [-0.1, -0.05) is 42.3 Å². The van der Waals surface area contributed by atoms with Gasteiger partial charge in [0.2, 0.25) is 0 Å². The third-order valence-electron chi connectivity index (χ3n) is 3.63. The van der Waals surface area contributed by atoms with Crippen LogP contribution in [-0.4, -0.2) is 18.4 Å². The molecule has 2 amide bonds. The SMILES string of the molecule is C#CCOc1ccc(/C=C/c2ccc(N3C(=O)C=CC3=O)cc2)cc1. The fraction of sp³-hybridized carbons (Fsp3) is 0.0476. The van der Waals surface area contributed by atoms with E-state index in [-0.39, 0.29) is 18.4 Å². The van der Waals surface area contributed by atoms with E-state index >= 15 is 0 Å². The number of benzene rings is 2. The number of hydrogen-bond donors (Lipinski definition) is 0. The molecular weight excluding hydrogens is 314 g/mol. The van der Waals surface area contributed by atoms with Crippen LogP contribution in [-0.2, 0) is 9.59 Å². The number of ether oxygens (including phenoxy) is 1. The zero-order valence-electron chi connectivity index (χ0n) is 13.4. The Bertz CT molecular complexity index is 866. The Morgan fingerprint density at radius 2 is 1.40 bits per heavy atom. The molecule has 0 N–H and O–H groups in total. The van der Waals surface area contributed by atoms with Crippen LogP contribution in [0.25, 0.3) is 12.2 Å². The largest absolute Gasteiger partial charge is 0.481 e. The van der Waals surface area contributed by atoms with E-state index in [0.717, 1.165) is 21.8 Å². The molecule has 25 heavy (non-hydrogen) atoms. The minimum atomic E-state index is -0.319. The maximum absolute atomic E-state index is 11.7. The van der Waals surface area contributed by atoms with Gasteiger partial charge in [-0.3, -0.25) is 9.59 Å². The summed E-state index contributed by atoms with van der Waals surface area (Å²) in [6.07, 6.45) is 11.6. The molecule has 2 aromatic rings. The second-order valence-electron chi connectivity index (χ2n) is 5.33. The highest BCUT2D eigenvalue weighted by Crippen LogP contribution is 2.20. The molecule has 1 aliphatic heterocycles. The van der Waals surface area contributed by atoms with E-state index in [0.29, 0.717) is 5.69 Å². The van der Waals surface area contributed by atoms with E-state index in [2.05, 4.69) is 5.92 Å². The molecule has 1 aliphatic rings. The zero-order chi connectivity index (χ0) is 17.6. The number of rotatable bonds is 5. The molecule has 0 atom stereocenters. The van der Waals surface area contributed by atoms with E-state index in [9.17, 15) is 9.59 Å². The first-order valence-corrected chi connectivity index (χ1v) is 7.68. The number of carbonyl (C=O) groups is 2. The number of hydrogen-bond acceptors (Lipinski definition) is 3. The van der Waals surface area contributed by atoms with Crippen molar-refractivity contribution < 1.29 is 14.3 Å². The van der Waals surface area contributed by atoms with Crippen molar-refractivity contribution in [3.05, 3.63) is 71.8 Å². The van der Waals surface area contributed by atoms with Gasteiger partial charge in [0.05, 0.1) is 5.69 Å². The summed E-state index contributed by atoms with van der Waals surface area (Å²) in [6.45, 7) is 0.249. The molecule has 0 spiro atoms. The molecule has 0 aliphatic carbocycles. The smallest absolute Gasteiger partial charge is 0.258 e. The lowest BCUT2D eigenvalue weighted by Gasteiger charge is -2.13. The second kappa shape index (κ2) is 7.33. The number of terminal acetylenes is 1. The van der Waals surface area contributed by atoms with Gasteiger partial charge in [0.25, 0.3) is 11.8 Å². The molecule has 0 radical (unpaired) electrons. The van der Waals surface area contributed by atoms with Crippen LogP contribution in [0.3, 0.4) is 0 Å². The van der Waals surface area contributed by atoms with Gasteiger partial charge in [0.15, 0.2) is 0 Å². The van der Waals surface area contributed by atoms with Crippen molar-refractivity contribution in [1.29, 1.82) is 0 Å². The van der Waals surface area contributed by atoms with Gasteiger partial charge >= 0.3 is 0 Å². The standard InChI is InChI=1S/C21H15NO3/c1-2-15-25-19-11-7-17(8-12-19)4-3-16-5-9-18(10-6-16)22-20(23)13-14-21(22)24/h1,3-14H,15H2/b4-3+. The Kier molecular flexibility index (Phi) is 4.77. The minimum Gasteiger partial charge on any atom is -0.481 e. The van der Waals surface area contributed by atoms with Gasteiger partial charge in [-0.2, -0.15) is 0 Å². The molecular formula is C21H15NO3. The molecule has 3 rings (SSSR count). The first kappa shape index (κ1) is 16.3. The lowest BCUT2D eigenvalue weighted by atomic mass is 10.1. The van der Waals surface area contributed by atoms with E-state index in [1.807, 2.05) is 48.6 Å². The maximum atomic E-state index is 11.7. The molecule has 0 saturated heterocycles. The van der Waals surface area contributed by atoms with Gasteiger partial charge in [-0.05, 0) is 35.4 Å². The Morgan fingerprint density at radius 1 is 0.880 bits per heavy atom. The van der Waals surface area contributed by atoms with Crippen LogP contribution in [0.1, 0.15) is 11.1 Å². The number of imide groups is 1. The molecule has 0 bridgehead atoms. The first-order valence-electron chi connectivity index (χ1n) is 7.68. The maximum Gasteiger partial charge on any atom is 0.258 e. The lowest BCUT2D eigenvalue weighted by molar-refractivity contribution is -0.119. The molecule has 0 saturated carbocycles. The number of nitrogens with zero attached hydrogens (tertiary/aromatic N) is 1. The van der Waals surface area contributed by atoms with Gasteiger partial charge in [-0.25, -0.2) is 4.90 Å². The highest BCUT2D eigenvalue weighted by molar-refractivity contribution is 6.28. The summed E-state index contributed by atoms with van der Waals surface area (Å²) in [7, 11) is 0. The Labute approximate surface area is 146 Å². The van der Waals surface area contributed by atoms with Crippen molar-refractivity contribution in [2.75, 3.05) is 11.5 Å². The number of anilines is 1. The first-order chi connectivity index (χ1) is 12.2. The summed E-state index contributed by atoms with van der Waals surface area (Å²) in [5, 5.41) is 0. The third kappa shape index (κ3) is 3.85. The van der Waals surface area contributed by atoms with Crippen molar-refractivity contribution >= 4 is 29.7 Å². The molecule has 122 valence electrons. The molecule has 0 aromatic heterocycles. The molecule has 4 nitrogen and oxygen atoms in total. The lowest BCUT2D eigenvalue weighted by Crippen LogP contribution is -2.29. The van der Waals surface area contributed by atoms with E-state index < -0.39 is 0 Å². The Balaban J connectivity index is 1.67. The minimum absolute atomic E-state index is 0.249. The van der Waals surface area contributed by atoms with E-state index in [1.165, 1.54) is 12.2 Å². The summed E-state index contributed by atoms with van der Waals surface area (Å²) < 4.78 is 5.33. The molecule has 4 heteroatoms. The molecule has 0 fully saturated rings. The average molecular weight is 329 g/mol. The van der Waals surface area contributed by atoms with Crippen molar-refractivity contribution in [2.24, 2.45) is 0 Å². The van der Waals surface area contributed by atoms with Crippen LogP contribution in [0, 0.1) is 12.3 Å². The summed E-state index contributed by atoms with van der Waals surface area (Å²) in [6, 6.07) is 14.8. The van der Waals surface area contributed by atoms with Crippen molar-refractivity contribution in [1.82, 2.24) is 0 Å². The van der Waals surface area contributed by atoms with Crippen molar-refractivity contribution in [3.8, 4) is 18.1 Å². The summed E-state index contributed by atoms with van der Waals surface area (Å²) >= 11 is 0. The molecule has 2 aromatic carbocycles. The molecule has 0 unspecified atom stereocenters. The fourth-order valence-electron chi connectivity index (χ4n) is 2.38. The summed E-state index contributed by atoms with van der Waals surface area (Å²) in [4.78, 5) is 24.5. The van der Waals surface area contributed by atoms with Crippen LogP contribution < -0.4 is 9.64 Å². The van der Waals surface area contributed by atoms with Crippen LogP contribution in [0.15, 0.2) is 60.7 Å². The predicted octanol–water partition coefficient (Wildman–Crippen LogP) is 3.30. The van der Waals surface area contributed by atoms with Crippen LogP contribution >= 0.6 is 0 Å². The Morgan fingerprint density at radius 3 is 1.92 bits per heavy atom. The van der Waals surface area contributed by atoms with Gasteiger partial charge in [0.1, 0.15) is 12.4 Å². The molecule has 1 heterocycles. The van der Waals surface area contributed by atoms with E-state index in [1.54, 1.807) is 12.1 Å². The highest BCUT2D eigenvalue weighted by atomic mass is 16.5. The summed E-state index contributed by atoms with van der Waals surface area (Å²) in [5.41, 5.74) is 2.54. The zero-order valence-corrected chi connectivity index (χ0v) is 13.4. The van der Waals surface area contributed by atoms with Crippen LogP contribution in [0.5, 0.6) is 5.75 Å². The average Bonchev–Trinajstić information content (AvgIpc) is 2.98. The second-order valence-corrected chi connectivity index (χ2v) is 5.33. The highest BCUT2D eigenvalue weighted by Gasteiger charge is 2.24. The van der Waals surface area contributed by atoms with Crippen LogP contribution in [0.4, 0.5) is 5.69 Å². The normalized spacial score (nSPS) is 13.5. The number of amides is 2. The quantitative estimate of drug-likeness (QED) is 0.480.